The molecule has 4 nitrogen and oxygen atoms in total. The van der Waals surface area contributed by atoms with Crippen molar-refractivity contribution in [3.63, 3.8) is 0 Å². The van der Waals surface area contributed by atoms with Crippen LogP contribution in [0.5, 0.6) is 0 Å². The van der Waals surface area contributed by atoms with E-state index in [4.69, 9.17) is 4.74 Å². The molecule has 5 rings (SSSR count). The molecular weight excluding hydrogens is 324 g/mol. The van der Waals surface area contributed by atoms with Crippen LogP contribution in [0.1, 0.15) is 24.8 Å². The quantitative estimate of drug-likeness (QED) is 0.674. The first kappa shape index (κ1) is 17.4. The van der Waals surface area contributed by atoms with Crippen LogP contribution in [0, 0.1) is 23.7 Å². The number of rotatable bonds is 3. The van der Waals surface area contributed by atoms with Gasteiger partial charge in [0.1, 0.15) is 12.0 Å². The van der Waals surface area contributed by atoms with Gasteiger partial charge in [0.05, 0.1) is 0 Å². The Kier molecular flexibility index (Phi) is 4.62. The SMILES string of the molecule is CO[C@]1(C#C[C@](O)(c2ccccc2)[C+]2C=NC=CC2)CN2CCC1CC2. The molecule has 1 aromatic rings. The molecule has 0 spiro atoms. The summed E-state index contributed by atoms with van der Waals surface area (Å²) in [6.07, 6.45) is 8.29. The van der Waals surface area contributed by atoms with Crippen molar-refractivity contribution < 1.29 is 9.84 Å². The van der Waals surface area contributed by atoms with Crippen LogP contribution in [0.2, 0.25) is 0 Å². The first-order valence-electron chi connectivity index (χ1n) is 9.30. The Balaban J connectivity index is 1.73. The second-order valence-corrected chi connectivity index (χ2v) is 7.36. The van der Waals surface area contributed by atoms with Gasteiger partial charge in [-0.1, -0.05) is 36.3 Å². The Morgan fingerprint density at radius 1 is 1.31 bits per heavy atom. The van der Waals surface area contributed by atoms with Gasteiger partial charge in [0.15, 0.2) is 12.1 Å². The van der Waals surface area contributed by atoms with Gasteiger partial charge in [-0.05, 0) is 37.9 Å². The molecule has 4 aliphatic rings. The van der Waals surface area contributed by atoms with Gasteiger partial charge >= 0.3 is 5.60 Å². The minimum Gasteiger partial charge on any atom is -0.364 e. The van der Waals surface area contributed by atoms with Crippen LogP contribution in [0.4, 0.5) is 0 Å². The number of methoxy groups -OCH3 is 1. The van der Waals surface area contributed by atoms with Crippen LogP contribution in [0.15, 0.2) is 47.6 Å². The van der Waals surface area contributed by atoms with E-state index in [1.165, 1.54) is 0 Å². The zero-order chi connectivity index (χ0) is 18.0. The second kappa shape index (κ2) is 6.92. The maximum atomic E-state index is 11.6. The fourth-order valence-corrected chi connectivity index (χ4v) is 4.32. The standard InChI is InChI=1S/C22H25N2O2/c1-26-21(17-24-14-9-18(21)10-15-24)11-12-22(25,19-6-3-2-4-7-19)20-8-5-13-23-16-20/h2-7,13,16,18,25H,8-10,14-15,17H2,1H3/q+1/t21-,22+/m1/s1. The predicted molar refractivity (Wildman–Crippen MR) is 103 cm³/mol. The third kappa shape index (κ3) is 2.97. The summed E-state index contributed by atoms with van der Waals surface area (Å²) in [4.78, 5) is 6.63. The number of allylic oxidation sites excluding steroid dienone is 1. The van der Waals surface area contributed by atoms with Crippen LogP contribution in [-0.4, -0.2) is 48.6 Å². The molecule has 0 amide bonds. The Bertz CT molecular complexity index is 755. The summed E-state index contributed by atoms with van der Waals surface area (Å²) < 4.78 is 5.95. The van der Waals surface area contributed by atoms with Gasteiger partial charge in [0.25, 0.3) is 0 Å². The topological polar surface area (TPSA) is 45.1 Å². The van der Waals surface area contributed by atoms with Gasteiger partial charge < -0.3 is 9.84 Å². The average Bonchev–Trinajstić information content (AvgIpc) is 2.74. The molecule has 0 saturated carbocycles. The van der Waals surface area contributed by atoms with E-state index in [2.05, 4.69) is 21.7 Å². The number of piperidine rings is 3. The first-order chi connectivity index (χ1) is 12.7. The highest BCUT2D eigenvalue weighted by atomic mass is 16.5. The van der Waals surface area contributed by atoms with Crippen LogP contribution in [-0.2, 0) is 10.3 Å². The molecule has 3 fully saturated rings. The van der Waals surface area contributed by atoms with Crippen molar-refractivity contribution in [2.75, 3.05) is 26.7 Å². The highest BCUT2D eigenvalue weighted by Gasteiger charge is 2.50. The smallest absolute Gasteiger partial charge is 0.303 e. The molecule has 26 heavy (non-hydrogen) atoms. The minimum absolute atomic E-state index is 0.426. The van der Waals surface area contributed by atoms with Gasteiger partial charge in [-0.25, -0.2) is 4.99 Å². The summed E-state index contributed by atoms with van der Waals surface area (Å²) in [5.41, 5.74) is -1.08. The maximum Gasteiger partial charge on any atom is 0.303 e. The number of hydrogen-bond acceptors (Lipinski definition) is 4. The van der Waals surface area contributed by atoms with Crippen LogP contribution >= 0.6 is 0 Å². The van der Waals surface area contributed by atoms with E-state index < -0.39 is 11.2 Å². The van der Waals surface area contributed by atoms with E-state index in [-0.39, 0.29) is 0 Å². The van der Waals surface area contributed by atoms with Crippen molar-refractivity contribution in [3.8, 4) is 11.8 Å². The molecule has 4 heteroatoms. The van der Waals surface area contributed by atoms with E-state index in [1.807, 2.05) is 36.4 Å². The molecule has 1 N–H and O–H groups in total. The molecular formula is C22H25N2O2+. The lowest BCUT2D eigenvalue weighted by Gasteiger charge is -2.49. The fraction of sp³-hybridized carbons (Fsp3) is 0.455. The van der Waals surface area contributed by atoms with Crippen molar-refractivity contribution in [2.24, 2.45) is 10.9 Å². The number of aliphatic imine (C=N–C) groups is 1. The van der Waals surface area contributed by atoms with Gasteiger partial charge in [0.2, 0.25) is 0 Å². The molecule has 0 aromatic heterocycles. The van der Waals surface area contributed by atoms with Gasteiger partial charge in [-0.15, -0.1) is 0 Å². The Morgan fingerprint density at radius 3 is 2.65 bits per heavy atom. The molecule has 1 aromatic carbocycles. The molecule has 0 unspecified atom stereocenters. The molecule has 0 radical (unpaired) electrons. The first-order valence-corrected chi connectivity index (χ1v) is 9.30. The maximum absolute atomic E-state index is 11.6. The normalized spacial score (nSPS) is 32.0. The number of benzene rings is 1. The zero-order valence-electron chi connectivity index (χ0n) is 15.2. The molecule has 2 atom stereocenters. The number of nitrogens with zero attached hydrogens (tertiary/aromatic N) is 2. The van der Waals surface area contributed by atoms with E-state index in [0.717, 1.165) is 44.0 Å². The predicted octanol–water partition coefficient (Wildman–Crippen LogP) is 2.55. The van der Waals surface area contributed by atoms with Gasteiger partial charge in [-0.3, -0.25) is 4.90 Å². The Hall–Kier alpha value is -2.06. The van der Waals surface area contributed by atoms with Crippen LogP contribution < -0.4 is 0 Å². The molecule has 134 valence electrons. The van der Waals surface area contributed by atoms with Crippen molar-refractivity contribution in [3.05, 3.63) is 54.1 Å². The molecule has 3 saturated heterocycles. The summed E-state index contributed by atoms with van der Waals surface area (Å²) in [7, 11) is 1.75. The van der Waals surface area contributed by atoms with E-state index in [0.29, 0.717) is 12.3 Å². The Morgan fingerprint density at radius 2 is 2.08 bits per heavy atom. The number of ether oxygens (including phenoxy) is 1. The summed E-state index contributed by atoms with van der Waals surface area (Å²) in [5.74, 6) is 7.83. The van der Waals surface area contributed by atoms with Crippen molar-refractivity contribution >= 4 is 6.21 Å². The highest BCUT2D eigenvalue weighted by molar-refractivity contribution is 5.81. The molecule has 4 aliphatic heterocycles. The summed E-state index contributed by atoms with van der Waals surface area (Å²) >= 11 is 0. The lowest BCUT2D eigenvalue weighted by molar-refractivity contribution is -0.0965. The monoisotopic (exact) mass is 349 g/mol. The second-order valence-electron chi connectivity index (χ2n) is 7.36. The third-order valence-electron chi connectivity index (χ3n) is 5.94. The molecule has 4 heterocycles. The summed E-state index contributed by atoms with van der Waals surface area (Å²) in [5, 5.41) is 11.6. The molecule has 2 bridgehead atoms. The lowest BCUT2D eigenvalue weighted by atomic mass is 9.74. The van der Waals surface area contributed by atoms with Gasteiger partial charge in [-0.2, -0.15) is 0 Å². The highest BCUT2D eigenvalue weighted by Crippen LogP contribution is 2.39. The average molecular weight is 349 g/mol. The largest absolute Gasteiger partial charge is 0.364 e. The van der Waals surface area contributed by atoms with Crippen LogP contribution in [0.3, 0.4) is 0 Å². The fourth-order valence-electron chi connectivity index (χ4n) is 4.32. The van der Waals surface area contributed by atoms with Crippen LogP contribution in [0.25, 0.3) is 0 Å². The van der Waals surface area contributed by atoms with E-state index in [1.54, 1.807) is 19.5 Å². The summed E-state index contributed by atoms with van der Waals surface area (Å²) in [6.45, 7) is 3.06. The van der Waals surface area contributed by atoms with Crippen molar-refractivity contribution in [2.45, 2.75) is 30.5 Å². The zero-order valence-corrected chi connectivity index (χ0v) is 15.2. The van der Waals surface area contributed by atoms with Crippen molar-refractivity contribution in [1.29, 1.82) is 0 Å². The summed E-state index contributed by atoms with van der Waals surface area (Å²) in [6, 6.07) is 9.64. The minimum atomic E-state index is -1.35. The number of aliphatic hydroxyl groups is 1. The molecule has 0 aliphatic carbocycles. The number of hydrogen-bond donors (Lipinski definition) is 1. The Labute approximate surface area is 155 Å². The number of fused-ring (bicyclic) bond motifs is 3. The van der Waals surface area contributed by atoms with E-state index in [9.17, 15) is 5.11 Å². The van der Waals surface area contributed by atoms with Gasteiger partial charge in [0, 0.05) is 31.3 Å². The lowest BCUT2D eigenvalue weighted by Crippen LogP contribution is -2.59. The third-order valence-corrected chi connectivity index (χ3v) is 5.94. The van der Waals surface area contributed by atoms with E-state index >= 15 is 0 Å². The van der Waals surface area contributed by atoms with Crippen molar-refractivity contribution in [1.82, 2.24) is 4.90 Å².